The van der Waals surface area contributed by atoms with E-state index in [-0.39, 0.29) is 17.1 Å². The van der Waals surface area contributed by atoms with E-state index in [0.717, 1.165) is 0 Å². The lowest BCUT2D eigenvalue weighted by Crippen LogP contribution is -2.39. The van der Waals surface area contributed by atoms with E-state index < -0.39 is 0 Å². The van der Waals surface area contributed by atoms with Crippen molar-refractivity contribution in [3.63, 3.8) is 0 Å². The minimum absolute atomic E-state index is 0.00917. The van der Waals surface area contributed by atoms with Crippen molar-refractivity contribution in [2.75, 3.05) is 20.1 Å². The van der Waals surface area contributed by atoms with Crippen LogP contribution in [0.15, 0.2) is 24.3 Å². The molecule has 4 nitrogen and oxygen atoms in total. The Kier molecular flexibility index (Phi) is 4.12. The number of phenols is 1. The molecule has 0 aliphatic carbocycles. The van der Waals surface area contributed by atoms with Crippen LogP contribution in [0.3, 0.4) is 0 Å². The van der Waals surface area contributed by atoms with Gasteiger partial charge in [0, 0.05) is 13.6 Å². The zero-order valence-corrected chi connectivity index (χ0v) is 10.6. The molecular formula is C13H20N2O2. The van der Waals surface area contributed by atoms with Gasteiger partial charge < -0.3 is 15.7 Å². The Morgan fingerprint density at radius 3 is 2.53 bits per heavy atom. The molecule has 94 valence electrons. The van der Waals surface area contributed by atoms with E-state index in [9.17, 15) is 9.90 Å². The summed E-state index contributed by atoms with van der Waals surface area (Å²) in [5, 5.41) is 9.61. The second-order valence-corrected chi connectivity index (χ2v) is 5.05. The molecule has 1 rings (SSSR count). The monoisotopic (exact) mass is 236 g/mol. The van der Waals surface area contributed by atoms with Crippen molar-refractivity contribution >= 4 is 5.91 Å². The number of carbonyl (C=O) groups is 1. The van der Waals surface area contributed by atoms with E-state index in [4.69, 9.17) is 5.73 Å². The molecule has 0 spiro atoms. The first-order valence-electron chi connectivity index (χ1n) is 5.61. The number of carbonyl (C=O) groups excluding carboxylic acids is 1. The molecule has 0 bridgehead atoms. The van der Waals surface area contributed by atoms with E-state index in [1.807, 2.05) is 13.8 Å². The molecule has 4 heteroatoms. The number of aromatic hydroxyl groups is 1. The molecule has 0 aliphatic rings. The summed E-state index contributed by atoms with van der Waals surface area (Å²) < 4.78 is 0. The van der Waals surface area contributed by atoms with E-state index in [1.165, 1.54) is 6.07 Å². The Balaban J connectivity index is 2.81. The molecule has 0 aromatic heterocycles. The van der Waals surface area contributed by atoms with Gasteiger partial charge in [-0.1, -0.05) is 26.0 Å². The predicted octanol–water partition coefficient (Wildman–Crippen LogP) is 1.45. The molecule has 1 aromatic rings. The van der Waals surface area contributed by atoms with Crippen molar-refractivity contribution < 1.29 is 9.90 Å². The fourth-order valence-corrected chi connectivity index (χ4v) is 1.64. The second kappa shape index (κ2) is 5.19. The van der Waals surface area contributed by atoms with Crippen molar-refractivity contribution in [1.82, 2.24) is 4.90 Å². The summed E-state index contributed by atoms with van der Waals surface area (Å²) in [7, 11) is 1.71. The van der Waals surface area contributed by atoms with Gasteiger partial charge in [0.1, 0.15) is 5.75 Å². The Hall–Kier alpha value is -1.55. The van der Waals surface area contributed by atoms with E-state index in [2.05, 4.69) is 0 Å². The van der Waals surface area contributed by atoms with Crippen LogP contribution in [0.5, 0.6) is 5.75 Å². The first kappa shape index (κ1) is 13.5. The second-order valence-electron chi connectivity index (χ2n) is 5.05. The van der Waals surface area contributed by atoms with Crippen LogP contribution in [0.25, 0.3) is 0 Å². The van der Waals surface area contributed by atoms with E-state index in [1.54, 1.807) is 30.1 Å². The van der Waals surface area contributed by atoms with Gasteiger partial charge in [-0.3, -0.25) is 4.79 Å². The number of benzene rings is 1. The van der Waals surface area contributed by atoms with Gasteiger partial charge >= 0.3 is 0 Å². The number of nitrogens with zero attached hydrogens (tertiary/aromatic N) is 1. The summed E-state index contributed by atoms with van der Waals surface area (Å²) in [6.07, 6.45) is 0. The molecule has 1 amide bonds. The topological polar surface area (TPSA) is 66.6 Å². The fraction of sp³-hybridized carbons (Fsp3) is 0.462. The SMILES string of the molecule is CN(CC(C)(C)CN)C(=O)c1ccccc1O. The third-order valence-corrected chi connectivity index (χ3v) is 2.70. The van der Waals surface area contributed by atoms with Gasteiger partial charge in [0.15, 0.2) is 0 Å². The van der Waals surface area contributed by atoms with Crippen LogP contribution < -0.4 is 5.73 Å². The first-order valence-corrected chi connectivity index (χ1v) is 5.61. The summed E-state index contributed by atoms with van der Waals surface area (Å²) in [6.45, 7) is 5.06. The zero-order valence-electron chi connectivity index (χ0n) is 10.6. The number of para-hydroxylation sites is 1. The molecule has 1 aromatic carbocycles. The van der Waals surface area contributed by atoms with Gasteiger partial charge in [0.2, 0.25) is 0 Å². The third-order valence-electron chi connectivity index (χ3n) is 2.70. The van der Waals surface area contributed by atoms with Gasteiger partial charge in [-0.2, -0.15) is 0 Å². The van der Waals surface area contributed by atoms with Crippen molar-refractivity contribution in [1.29, 1.82) is 0 Å². The van der Waals surface area contributed by atoms with Crippen LogP contribution in [-0.4, -0.2) is 36.1 Å². The maximum absolute atomic E-state index is 12.1. The Bertz CT molecular complexity index is 402. The minimum atomic E-state index is -0.190. The maximum Gasteiger partial charge on any atom is 0.257 e. The highest BCUT2D eigenvalue weighted by Gasteiger charge is 2.23. The number of amides is 1. The highest BCUT2D eigenvalue weighted by atomic mass is 16.3. The van der Waals surface area contributed by atoms with Crippen LogP contribution in [-0.2, 0) is 0 Å². The largest absolute Gasteiger partial charge is 0.507 e. The van der Waals surface area contributed by atoms with Gasteiger partial charge in [0.05, 0.1) is 5.56 Å². The molecule has 0 atom stereocenters. The molecule has 0 saturated heterocycles. The molecule has 0 radical (unpaired) electrons. The summed E-state index contributed by atoms with van der Waals surface area (Å²) >= 11 is 0. The summed E-state index contributed by atoms with van der Waals surface area (Å²) in [5.74, 6) is -0.181. The van der Waals surface area contributed by atoms with Crippen LogP contribution in [0.2, 0.25) is 0 Å². The Morgan fingerprint density at radius 2 is 2.00 bits per heavy atom. The molecule has 0 saturated carbocycles. The van der Waals surface area contributed by atoms with E-state index >= 15 is 0 Å². The van der Waals surface area contributed by atoms with Crippen LogP contribution >= 0.6 is 0 Å². The van der Waals surface area contributed by atoms with Gasteiger partial charge in [-0.05, 0) is 24.1 Å². The highest BCUT2D eigenvalue weighted by Crippen LogP contribution is 2.20. The number of hydrogen-bond donors (Lipinski definition) is 2. The van der Waals surface area contributed by atoms with Crippen molar-refractivity contribution in [2.45, 2.75) is 13.8 Å². The average Bonchev–Trinajstić information content (AvgIpc) is 2.28. The Morgan fingerprint density at radius 1 is 1.41 bits per heavy atom. The first-order chi connectivity index (χ1) is 7.87. The molecule has 3 N–H and O–H groups in total. The lowest BCUT2D eigenvalue weighted by molar-refractivity contribution is 0.0737. The summed E-state index contributed by atoms with van der Waals surface area (Å²) in [5.41, 5.74) is 5.83. The summed E-state index contributed by atoms with van der Waals surface area (Å²) in [4.78, 5) is 13.7. The molecule has 0 unspecified atom stereocenters. The van der Waals surface area contributed by atoms with Crippen LogP contribution in [0.4, 0.5) is 0 Å². The quantitative estimate of drug-likeness (QED) is 0.831. The van der Waals surface area contributed by atoms with Gasteiger partial charge in [0.25, 0.3) is 5.91 Å². The molecule has 0 aliphatic heterocycles. The number of phenolic OH excluding ortho intramolecular Hbond substituents is 1. The fourth-order valence-electron chi connectivity index (χ4n) is 1.64. The number of hydrogen-bond acceptors (Lipinski definition) is 3. The maximum atomic E-state index is 12.1. The normalized spacial score (nSPS) is 11.3. The van der Waals surface area contributed by atoms with Gasteiger partial charge in [-0.25, -0.2) is 0 Å². The molecular weight excluding hydrogens is 216 g/mol. The highest BCUT2D eigenvalue weighted by molar-refractivity contribution is 5.96. The van der Waals surface area contributed by atoms with Crippen molar-refractivity contribution in [3.05, 3.63) is 29.8 Å². The lowest BCUT2D eigenvalue weighted by Gasteiger charge is -2.29. The number of rotatable bonds is 4. The Labute approximate surface area is 102 Å². The average molecular weight is 236 g/mol. The lowest BCUT2D eigenvalue weighted by atomic mass is 9.93. The third kappa shape index (κ3) is 3.46. The number of nitrogens with two attached hydrogens (primary N) is 1. The van der Waals surface area contributed by atoms with E-state index in [0.29, 0.717) is 18.7 Å². The molecule has 17 heavy (non-hydrogen) atoms. The van der Waals surface area contributed by atoms with Crippen LogP contribution in [0.1, 0.15) is 24.2 Å². The standard InChI is InChI=1S/C13H20N2O2/c1-13(2,8-14)9-15(3)12(17)10-6-4-5-7-11(10)16/h4-7,16H,8-9,14H2,1-3H3. The van der Waals surface area contributed by atoms with Gasteiger partial charge in [-0.15, -0.1) is 0 Å². The molecule has 0 fully saturated rings. The van der Waals surface area contributed by atoms with Crippen molar-refractivity contribution in [2.24, 2.45) is 11.1 Å². The van der Waals surface area contributed by atoms with Crippen molar-refractivity contribution in [3.8, 4) is 5.75 Å². The zero-order chi connectivity index (χ0) is 13.1. The smallest absolute Gasteiger partial charge is 0.257 e. The summed E-state index contributed by atoms with van der Waals surface area (Å²) in [6, 6.07) is 6.55. The molecule has 0 heterocycles. The predicted molar refractivity (Wildman–Crippen MR) is 67.9 cm³/mol. The minimum Gasteiger partial charge on any atom is -0.507 e. The van der Waals surface area contributed by atoms with Crippen LogP contribution in [0, 0.1) is 5.41 Å².